The van der Waals surface area contributed by atoms with Crippen molar-refractivity contribution in [3.63, 3.8) is 0 Å². The fourth-order valence-corrected chi connectivity index (χ4v) is 1.07. The van der Waals surface area contributed by atoms with E-state index in [9.17, 15) is 0 Å². The molecule has 1 aromatic heterocycles. The molecule has 0 atom stereocenters. The van der Waals surface area contributed by atoms with E-state index in [4.69, 9.17) is 0 Å². The normalized spacial score (nSPS) is 17.7. The smallest absolute Gasteiger partial charge is 0.0521 e. The van der Waals surface area contributed by atoms with E-state index in [2.05, 4.69) is 12.0 Å². The second kappa shape index (κ2) is 2.11. The van der Waals surface area contributed by atoms with Crippen LogP contribution >= 0.6 is 0 Å². The molecule has 0 aliphatic heterocycles. The highest BCUT2D eigenvalue weighted by molar-refractivity contribution is 5.07. The van der Waals surface area contributed by atoms with Gasteiger partial charge in [-0.05, 0) is 31.2 Å². The van der Waals surface area contributed by atoms with Gasteiger partial charge in [-0.3, -0.25) is 4.68 Å². The first-order chi connectivity index (χ1) is 4.84. The highest BCUT2D eigenvalue weighted by Gasteiger charge is 2.21. The van der Waals surface area contributed by atoms with Crippen LogP contribution in [-0.2, 0) is 6.54 Å². The van der Waals surface area contributed by atoms with Crippen molar-refractivity contribution in [3.05, 3.63) is 24.9 Å². The van der Waals surface area contributed by atoms with Crippen molar-refractivity contribution in [3.8, 4) is 0 Å². The molecule has 0 spiro atoms. The highest BCUT2D eigenvalue weighted by atomic mass is 15.3. The van der Waals surface area contributed by atoms with Gasteiger partial charge in [0.1, 0.15) is 0 Å². The van der Waals surface area contributed by atoms with Crippen LogP contribution in [0.5, 0.6) is 0 Å². The lowest BCUT2D eigenvalue weighted by molar-refractivity contribution is 0.563. The summed E-state index contributed by atoms with van der Waals surface area (Å²) in [7, 11) is 0. The van der Waals surface area contributed by atoms with Crippen LogP contribution in [0, 0.1) is 12.8 Å². The third-order valence-electron chi connectivity index (χ3n) is 1.83. The number of nitrogens with zero attached hydrogens (tertiary/aromatic N) is 2. The van der Waals surface area contributed by atoms with Crippen molar-refractivity contribution in [2.75, 3.05) is 0 Å². The van der Waals surface area contributed by atoms with Gasteiger partial charge < -0.3 is 0 Å². The van der Waals surface area contributed by atoms with Crippen LogP contribution in [0.15, 0.2) is 12.4 Å². The van der Waals surface area contributed by atoms with Gasteiger partial charge in [0.05, 0.1) is 6.20 Å². The number of aromatic nitrogens is 2. The molecule has 53 valence electrons. The summed E-state index contributed by atoms with van der Waals surface area (Å²) in [5.41, 5.74) is 1.01. The van der Waals surface area contributed by atoms with Crippen molar-refractivity contribution in [1.29, 1.82) is 0 Å². The standard InChI is InChI=1S/C8H11N2/c1-7-4-9-10(5-7)6-8-2-3-8/h4-5,8H,1-3,6H2. The van der Waals surface area contributed by atoms with Crippen LogP contribution < -0.4 is 0 Å². The molecule has 1 fully saturated rings. The van der Waals surface area contributed by atoms with Crippen molar-refractivity contribution in [2.24, 2.45) is 5.92 Å². The molecule has 1 aliphatic rings. The van der Waals surface area contributed by atoms with Gasteiger partial charge in [0.15, 0.2) is 0 Å². The van der Waals surface area contributed by atoms with E-state index in [0.717, 1.165) is 18.0 Å². The first-order valence-electron chi connectivity index (χ1n) is 3.69. The van der Waals surface area contributed by atoms with Crippen molar-refractivity contribution >= 4 is 0 Å². The third-order valence-corrected chi connectivity index (χ3v) is 1.83. The van der Waals surface area contributed by atoms with Crippen molar-refractivity contribution in [1.82, 2.24) is 9.78 Å². The Balaban J connectivity index is 2.03. The minimum atomic E-state index is 0.902. The van der Waals surface area contributed by atoms with E-state index in [1.807, 2.05) is 17.1 Å². The monoisotopic (exact) mass is 135 g/mol. The number of hydrogen-bond donors (Lipinski definition) is 0. The Bertz CT molecular complexity index is 223. The van der Waals surface area contributed by atoms with Gasteiger partial charge in [-0.1, -0.05) is 0 Å². The molecule has 2 nitrogen and oxygen atoms in total. The summed E-state index contributed by atoms with van der Waals surface area (Å²) < 4.78 is 1.99. The minimum Gasteiger partial charge on any atom is -0.272 e. The van der Waals surface area contributed by atoms with E-state index in [0.29, 0.717) is 0 Å². The largest absolute Gasteiger partial charge is 0.272 e. The predicted octanol–water partition coefficient (Wildman–Crippen LogP) is 1.48. The van der Waals surface area contributed by atoms with Crippen molar-refractivity contribution < 1.29 is 0 Å². The SMILES string of the molecule is [CH2]c1cnn(CC2CC2)c1. The van der Waals surface area contributed by atoms with Crippen LogP contribution in [0.4, 0.5) is 0 Å². The number of hydrogen-bond acceptors (Lipinski definition) is 1. The molecule has 10 heavy (non-hydrogen) atoms. The molecule has 1 saturated carbocycles. The summed E-state index contributed by atoms with van der Waals surface area (Å²) in [5.74, 6) is 0.902. The van der Waals surface area contributed by atoms with Gasteiger partial charge >= 0.3 is 0 Å². The van der Waals surface area contributed by atoms with E-state index in [-0.39, 0.29) is 0 Å². The zero-order valence-electron chi connectivity index (χ0n) is 5.95. The Labute approximate surface area is 60.9 Å². The van der Waals surface area contributed by atoms with Crippen LogP contribution in [0.25, 0.3) is 0 Å². The fraction of sp³-hybridized carbons (Fsp3) is 0.500. The van der Waals surface area contributed by atoms with Gasteiger partial charge in [0, 0.05) is 12.7 Å². The molecule has 0 N–H and O–H groups in total. The van der Waals surface area contributed by atoms with Crippen molar-refractivity contribution in [2.45, 2.75) is 19.4 Å². The molecule has 1 aromatic rings. The Morgan fingerprint density at radius 2 is 2.50 bits per heavy atom. The molecule has 0 saturated heterocycles. The zero-order chi connectivity index (χ0) is 6.97. The van der Waals surface area contributed by atoms with Crippen LogP contribution in [0.3, 0.4) is 0 Å². The van der Waals surface area contributed by atoms with Gasteiger partial charge in [-0.25, -0.2) is 0 Å². The summed E-state index contributed by atoms with van der Waals surface area (Å²) in [4.78, 5) is 0. The molecule has 1 aliphatic carbocycles. The molecule has 0 bridgehead atoms. The average Bonchev–Trinajstić information content (AvgIpc) is 2.59. The quantitative estimate of drug-likeness (QED) is 0.600. The van der Waals surface area contributed by atoms with E-state index >= 15 is 0 Å². The Morgan fingerprint density at radius 1 is 1.70 bits per heavy atom. The first kappa shape index (κ1) is 5.96. The average molecular weight is 135 g/mol. The Hall–Kier alpha value is -0.790. The van der Waals surface area contributed by atoms with Crippen LogP contribution in [0.1, 0.15) is 18.4 Å². The lowest BCUT2D eigenvalue weighted by Gasteiger charge is -1.95. The summed E-state index contributed by atoms with van der Waals surface area (Å²) >= 11 is 0. The van der Waals surface area contributed by atoms with E-state index in [1.54, 1.807) is 0 Å². The number of rotatable bonds is 2. The predicted molar refractivity (Wildman–Crippen MR) is 39.4 cm³/mol. The molecule has 2 rings (SSSR count). The molecule has 1 radical (unpaired) electrons. The van der Waals surface area contributed by atoms with Crippen LogP contribution in [0.2, 0.25) is 0 Å². The molecule has 1 heterocycles. The molecule has 2 heteroatoms. The van der Waals surface area contributed by atoms with Gasteiger partial charge in [-0.15, -0.1) is 0 Å². The topological polar surface area (TPSA) is 17.8 Å². The summed E-state index contributed by atoms with van der Waals surface area (Å²) in [5, 5.41) is 4.15. The molecule has 0 unspecified atom stereocenters. The van der Waals surface area contributed by atoms with E-state index < -0.39 is 0 Å². The Morgan fingerprint density at radius 3 is 3.00 bits per heavy atom. The molecule has 0 amide bonds. The lowest BCUT2D eigenvalue weighted by atomic mass is 10.4. The molecular formula is C8H11N2. The van der Waals surface area contributed by atoms with E-state index in [1.165, 1.54) is 12.8 Å². The summed E-state index contributed by atoms with van der Waals surface area (Å²) in [6.45, 7) is 4.88. The highest BCUT2D eigenvalue weighted by Crippen LogP contribution is 2.30. The Kier molecular flexibility index (Phi) is 1.26. The maximum atomic E-state index is 4.15. The summed E-state index contributed by atoms with van der Waals surface area (Å²) in [6, 6.07) is 0. The summed E-state index contributed by atoms with van der Waals surface area (Å²) in [6.07, 6.45) is 6.57. The minimum absolute atomic E-state index is 0.902. The lowest BCUT2D eigenvalue weighted by Crippen LogP contribution is -1.98. The van der Waals surface area contributed by atoms with Gasteiger partial charge in [-0.2, -0.15) is 5.10 Å². The maximum Gasteiger partial charge on any atom is 0.0521 e. The maximum absolute atomic E-state index is 4.15. The molecule has 0 aromatic carbocycles. The second-order valence-corrected chi connectivity index (χ2v) is 3.01. The van der Waals surface area contributed by atoms with Crippen LogP contribution in [-0.4, -0.2) is 9.78 Å². The van der Waals surface area contributed by atoms with Gasteiger partial charge in [0.2, 0.25) is 0 Å². The molecular weight excluding hydrogens is 124 g/mol. The zero-order valence-corrected chi connectivity index (χ0v) is 5.95. The first-order valence-corrected chi connectivity index (χ1v) is 3.69. The third kappa shape index (κ3) is 1.20. The van der Waals surface area contributed by atoms with Gasteiger partial charge in [0.25, 0.3) is 0 Å². The second-order valence-electron chi connectivity index (χ2n) is 3.01. The fourth-order valence-electron chi connectivity index (χ4n) is 1.07.